The molecular formula is C10H12ClN5O2S. The van der Waals surface area contributed by atoms with Gasteiger partial charge in [-0.2, -0.15) is 0 Å². The van der Waals surface area contributed by atoms with E-state index in [1.807, 2.05) is 0 Å². The largest absolute Gasteiger partial charge is 0.399 e. The van der Waals surface area contributed by atoms with Gasteiger partial charge in [0, 0.05) is 17.5 Å². The number of sulfone groups is 1. The maximum Gasteiger partial charge on any atom is 0.183 e. The normalized spacial score (nSPS) is 11.7. The molecule has 0 fully saturated rings. The first kappa shape index (κ1) is 13.8. The van der Waals surface area contributed by atoms with E-state index in [0.717, 1.165) is 6.26 Å². The third-order valence-corrected chi connectivity index (χ3v) is 3.69. The molecule has 0 unspecified atom stereocenters. The van der Waals surface area contributed by atoms with Crippen LogP contribution in [0.4, 0.5) is 5.69 Å². The Kier molecular flexibility index (Phi) is 3.72. The minimum Gasteiger partial charge on any atom is -0.399 e. The Morgan fingerprint density at radius 1 is 1.42 bits per heavy atom. The predicted molar refractivity (Wildman–Crippen MR) is 72.4 cm³/mol. The Bertz CT molecular complexity index is 698. The van der Waals surface area contributed by atoms with Crippen LogP contribution >= 0.6 is 11.6 Å². The van der Waals surface area contributed by atoms with Gasteiger partial charge < -0.3 is 5.73 Å². The van der Waals surface area contributed by atoms with E-state index in [2.05, 4.69) is 15.5 Å². The van der Waals surface area contributed by atoms with Crippen molar-refractivity contribution in [3.8, 4) is 11.4 Å². The standard InChI is InChI=1S/C10H12ClN5O2S/c1-19(17,18)5-4-16-10(13-14-15-16)8-6-7(12)2-3-9(8)11/h2-3,6H,4-5,12H2,1H3. The molecule has 0 saturated heterocycles. The third kappa shape index (κ3) is 3.42. The number of benzene rings is 1. The molecule has 9 heteroatoms. The molecule has 0 saturated carbocycles. The van der Waals surface area contributed by atoms with Crippen molar-refractivity contribution in [1.82, 2.24) is 20.2 Å². The number of halogens is 1. The number of nitrogen functional groups attached to an aromatic ring is 1. The van der Waals surface area contributed by atoms with Gasteiger partial charge in [-0.25, -0.2) is 13.1 Å². The minimum absolute atomic E-state index is 0.0506. The van der Waals surface area contributed by atoms with E-state index >= 15 is 0 Å². The SMILES string of the molecule is CS(=O)(=O)CCn1nnnc1-c1cc(N)ccc1Cl. The Labute approximate surface area is 115 Å². The Morgan fingerprint density at radius 2 is 2.16 bits per heavy atom. The summed E-state index contributed by atoms with van der Waals surface area (Å²) in [6.45, 7) is 0.159. The van der Waals surface area contributed by atoms with E-state index in [0.29, 0.717) is 22.1 Å². The van der Waals surface area contributed by atoms with Gasteiger partial charge in [-0.05, 0) is 28.6 Å². The van der Waals surface area contributed by atoms with Crippen LogP contribution in [0.2, 0.25) is 5.02 Å². The molecule has 1 aromatic carbocycles. The van der Waals surface area contributed by atoms with Crippen LogP contribution < -0.4 is 5.73 Å². The molecule has 19 heavy (non-hydrogen) atoms. The highest BCUT2D eigenvalue weighted by Gasteiger charge is 2.14. The average Bonchev–Trinajstić information content (AvgIpc) is 2.77. The van der Waals surface area contributed by atoms with Gasteiger partial charge in [0.1, 0.15) is 9.84 Å². The number of nitrogens with zero attached hydrogens (tertiary/aromatic N) is 4. The Balaban J connectivity index is 2.36. The first-order chi connectivity index (χ1) is 8.87. The Morgan fingerprint density at radius 3 is 2.84 bits per heavy atom. The molecule has 2 N–H and O–H groups in total. The molecule has 2 aromatic rings. The highest BCUT2D eigenvalue weighted by atomic mass is 35.5. The summed E-state index contributed by atoms with van der Waals surface area (Å²) in [5.41, 5.74) is 6.79. The van der Waals surface area contributed by atoms with Crippen LogP contribution in [-0.4, -0.2) is 40.6 Å². The number of aryl methyl sites for hydroxylation is 1. The molecule has 0 amide bonds. The van der Waals surface area contributed by atoms with Gasteiger partial charge in [0.25, 0.3) is 0 Å². The zero-order chi connectivity index (χ0) is 14.0. The second-order valence-electron chi connectivity index (χ2n) is 4.09. The van der Waals surface area contributed by atoms with Crippen LogP contribution in [0, 0.1) is 0 Å². The molecule has 0 spiro atoms. The highest BCUT2D eigenvalue weighted by Crippen LogP contribution is 2.27. The van der Waals surface area contributed by atoms with E-state index in [9.17, 15) is 8.42 Å². The molecule has 7 nitrogen and oxygen atoms in total. The van der Waals surface area contributed by atoms with Gasteiger partial charge in [-0.3, -0.25) is 0 Å². The molecule has 0 bridgehead atoms. The van der Waals surface area contributed by atoms with Crippen LogP contribution in [0.15, 0.2) is 18.2 Å². The van der Waals surface area contributed by atoms with Crippen LogP contribution in [-0.2, 0) is 16.4 Å². The molecule has 0 aliphatic rings. The van der Waals surface area contributed by atoms with Crippen LogP contribution in [0.5, 0.6) is 0 Å². The van der Waals surface area contributed by atoms with E-state index < -0.39 is 9.84 Å². The van der Waals surface area contributed by atoms with Gasteiger partial charge in [-0.15, -0.1) is 5.10 Å². The minimum atomic E-state index is -3.09. The number of hydrogen-bond donors (Lipinski definition) is 1. The van der Waals surface area contributed by atoms with Gasteiger partial charge in [0.2, 0.25) is 0 Å². The van der Waals surface area contributed by atoms with Crippen molar-refractivity contribution in [2.45, 2.75) is 6.54 Å². The van der Waals surface area contributed by atoms with Crippen molar-refractivity contribution < 1.29 is 8.42 Å². The smallest absolute Gasteiger partial charge is 0.183 e. The summed E-state index contributed by atoms with van der Waals surface area (Å²) in [6, 6.07) is 4.95. The lowest BCUT2D eigenvalue weighted by atomic mass is 10.2. The summed E-state index contributed by atoms with van der Waals surface area (Å²) in [4.78, 5) is 0. The summed E-state index contributed by atoms with van der Waals surface area (Å²) >= 11 is 6.07. The molecule has 0 aliphatic heterocycles. The van der Waals surface area contributed by atoms with Gasteiger partial charge >= 0.3 is 0 Å². The highest BCUT2D eigenvalue weighted by molar-refractivity contribution is 7.90. The molecule has 0 atom stereocenters. The van der Waals surface area contributed by atoms with E-state index in [1.165, 1.54) is 4.68 Å². The zero-order valence-electron chi connectivity index (χ0n) is 10.1. The molecule has 2 rings (SSSR count). The predicted octanol–water partition coefficient (Wildman–Crippen LogP) is 0.620. The monoisotopic (exact) mass is 301 g/mol. The summed E-state index contributed by atoms with van der Waals surface area (Å²) in [7, 11) is -3.09. The fourth-order valence-corrected chi connectivity index (χ4v) is 2.22. The fraction of sp³-hybridized carbons (Fsp3) is 0.300. The maximum absolute atomic E-state index is 11.2. The first-order valence-electron chi connectivity index (χ1n) is 5.36. The summed E-state index contributed by atoms with van der Waals surface area (Å²) in [5, 5.41) is 11.6. The summed E-state index contributed by atoms with van der Waals surface area (Å²) in [5.74, 6) is 0.339. The van der Waals surface area contributed by atoms with Gasteiger partial charge in [0.05, 0.1) is 17.3 Å². The topological polar surface area (TPSA) is 104 Å². The van der Waals surface area contributed by atoms with E-state index in [4.69, 9.17) is 17.3 Å². The summed E-state index contributed by atoms with van der Waals surface area (Å²) in [6.07, 6.45) is 1.16. The number of rotatable bonds is 4. The molecule has 102 valence electrons. The van der Waals surface area contributed by atoms with Crippen LogP contribution in [0.1, 0.15) is 0 Å². The fourth-order valence-electron chi connectivity index (χ4n) is 1.51. The third-order valence-electron chi connectivity index (χ3n) is 2.44. The molecular weight excluding hydrogens is 290 g/mol. The lowest BCUT2D eigenvalue weighted by Gasteiger charge is -2.06. The first-order valence-corrected chi connectivity index (χ1v) is 7.80. The van der Waals surface area contributed by atoms with Crippen molar-refractivity contribution in [3.63, 3.8) is 0 Å². The molecule has 1 heterocycles. The second-order valence-corrected chi connectivity index (χ2v) is 6.76. The van der Waals surface area contributed by atoms with Crippen molar-refractivity contribution in [2.75, 3.05) is 17.7 Å². The van der Waals surface area contributed by atoms with Crippen LogP contribution in [0.25, 0.3) is 11.4 Å². The van der Waals surface area contributed by atoms with Crippen molar-refractivity contribution in [1.29, 1.82) is 0 Å². The van der Waals surface area contributed by atoms with Gasteiger partial charge in [0.15, 0.2) is 5.82 Å². The van der Waals surface area contributed by atoms with E-state index in [1.54, 1.807) is 18.2 Å². The number of aromatic nitrogens is 4. The second kappa shape index (κ2) is 5.14. The van der Waals surface area contributed by atoms with Crippen LogP contribution in [0.3, 0.4) is 0 Å². The van der Waals surface area contributed by atoms with Crippen molar-refractivity contribution >= 4 is 27.1 Å². The number of anilines is 1. The Hall–Kier alpha value is -1.67. The van der Waals surface area contributed by atoms with Gasteiger partial charge in [-0.1, -0.05) is 11.6 Å². The molecule has 0 aliphatic carbocycles. The zero-order valence-corrected chi connectivity index (χ0v) is 11.7. The van der Waals surface area contributed by atoms with E-state index in [-0.39, 0.29) is 12.3 Å². The number of nitrogens with two attached hydrogens (primary N) is 1. The quantitative estimate of drug-likeness (QED) is 0.830. The van der Waals surface area contributed by atoms with Crippen molar-refractivity contribution in [3.05, 3.63) is 23.2 Å². The lowest BCUT2D eigenvalue weighted by molar-refractivity contribution is 0.581. The summed E-state index contributed by atoms with van der Waals surface area (Å²) < 4.78 is 23.7. The number of tetrazole rings is 1. The molecule has 0 radical (unpaired) electrons. The number of hydrogen-bond acceptors (Lipinski definition) is 6. The molecule has 1 aromatic heterocycles. The maximum atomic E-state index is 11.2. The van der Waals surface area contributed by atoms with Crippen molar-refractivity contribution in [2.24, 2.45) is 0 Å². The lowest BCUT2D eigenvalue weighted by Crippen LogP contribution is -2.13. The average molecular weight is 302 g/mol.